The summed E-state index contributed by atoms with van der Waals surface area (Å²) in [4.78, 5) is 22.9. The van der Waals surface area contributed by atoms with Crippen molar-refractivity contribution in [3.63, 3.8) is 0 Å². The SMILES string of the molecule is COCC1(C(=O)N[C@H](C)C(=O)O)CCNCC1. The molecule has 0 radical (unpaired) electrons. The van der Waals surface area contributed by atoms with Crippen molar-refractivity contribution < 1.29 is 19.4 Å². The fraction of sp³-hybridized carbons (Fsp3) is 0.818. The van der Waals surface area contributed by atoms with Crippen LogP contribution in [-0.2, 0) is 14.3 Å². The molecule has 0 aromatic heterocycles. The van der Waals surface area contributed by atoms with Crippen LogP contribution in [-0.4, -0.2) is 49.8 Å². The Labute approximate surface area is 101 Å². The van der Waals surface area contributed by atoms with Crippen LogP contribution in [0.2, 0.25) is 0 Å². The Hall–Kier alpha value is -1.14. The molecule has 3 N–H and O–H groups in total. The van der Waals surface area contributed by atoms with Crippen molar-refractivity contribution in [3.05, 3.63) is 0 Å². The van der Waals surface area contributed by atoms with Crippen molar-refractivity contribution in [3.8, 4) is 0 Å². The number of amides is 1. The van der Waals surface area contributed by atoms with Gasteiger partial charge in [0.1, 0.15) is 6.04 Å². The van der Waals surface area contributed by atoms with E-state index >= 15 is 0 Å². The number of piperidine rings is 1. The zero-order chi connectivity index (χ0) is 12.9. The number of hydrogen-bond acceptors (Lipinski definition) is 4. The number of carbonyl (C=O) groups is 2. The second-order valence-corrected chi connectivity index (χ2v) is 4.50. The number of hydrogen-bond donors (Lipinski definition) is 3. The third kappa shape index (κ3) is 3.41. The molecule has 1 saturated heterocycles. The molecule has 17 heavy (non-hydrogen) atoms. The van der Waals surface area contributed by atoms with Crippen molar-refractivity contribution in [1.29, 1.82) is 0 Å². The average molecular weight is 244 g/mol. The summed E-state index contributed by atoms with van der Waals surface area (Å²) in [6, 6.07) is -0.869. The van der Waals surface area contributed by atoms with E-state index in [2.05, 4.69) is 10.6 Å². The molecule has 0 bridgehead atoms. The summed E-state index contributed by atoms with van der Waals surface area (Å²) in [5.74, 6) is -1.25. The molecule has 1 aliphatic heterocycles. The molecule has 0 aromatic carbocycles. The monoisotopic (exact) mass is 244 g/mol. The van der Waals surface area contributed by atoms with Gasteiger partial charge >= 0.3 is 5.97 Å². The third-order valence-corrected chi connectivity index (χ3v) is 3.18. The van der Waals surface area contributed by atoms with Crippen LogP contribution < -0.4 is 10.6 Å². The van der Waals surface area contributed by atoms with Crippen LogP contribution in [0.15, 0.2) is 0 Å². The minimum Gasteiger partial charge on any atom is -0.480 e. The van der Waals surface area contributed by atoms with E-state index in [-0.39, 0.29) is 5.91 Å². The Balaban J connectivity index is 2.69. The maximum absolute atomic E-state index is 12.1. The number of carboxylic acid groups (broad SMARTS) is 1. The largest absolute Gasteiger partial charge is 0.480 e. The second kappa shape index (κ2) is 5.97. The molecule has 0 aromatic rings. The Kier molecular flexibility index (Phi) is 4.89. The third-order valence-electron chi connectivity index (χ3n) is 3.18. The van der Waals surface area contributed by atoms with Gasteiger partial charge in [-0.2, -0.15) is 0 Å². The van der Waals surface area contributed by atoms with E-state index in [0.717, 1.165) is 13.1 Å². The second-order valence-electron chi connectivity index (χ2n) is 4.50. The van der Waals surface area contributed by atoms with Crippen LogP contribution in [0.1, 0.15) is 19.8 Å². The van der Waals surface area contributed by atoms with Gasteiger partial charge in [0.2, 0.25) is 5.91 Å². The number of carbonyl (C=O) groups excluding carboxylic acids is 1. The highest BCUT2D eigenvalue weighted by Gasteiger charge is 2.40. The Bertz CT molecular complexity index is 282. The summed E-state index contributed by atoms with van der Waals surface area (Å²) in [6.07, 6.45) is 1.33. The lowest BCUT2D eigenvalue weighted by molar-refractivity contribution is -0.145. The van der Waals surface area contributed by atoms with Crippen molar-refractivity contribution >= 4 is 11.9 Å². The normalized spacial score (nSPS) is 20.6. The van der Waals surface area contributed by atoms with Crippen LogP contribution in [0.3, 0.4) is 0 Å². The van der Waals surface area contributed by atoms with Crippen LogP contribution in [0.5, 0.6) is 0 Å². The molecule has 6 nitrogen and oxygen atoms in total. The zero-order valence-electron chi connectivity index (χ0n) is 10.3. The highest BCUT2D eigenvalue weighted by atomic mass is 16.5. The van der Waals surface area contributed by atoms with Gasteiger partial charge in [-0.25, -0.2) is 0 Å². The molecule has 98 valence electrons. The van der Waals surface area contributed by atoms with Gasteiger partial charge in [-0.15, -0.1) is 0 Å². The van der Waals surface area contributed by atoms with Gasteiger partial charge in [-0.05, 0) is 32.9 Å². The van der Waals surface area contributed by atoms with E-state index in [1.165, 1.54) is 6.92 Å². The Morgan fingerprint density at radius 1 is 1.47 bits per heavy atom. The standard InChI is InChI=1S/C11H20N2O4/c1-8(9(14)15)13-10(16)11(7-17-2)3-5-12-6-4-11/h8,12H,3-7H2,1-2H3,(H,13,16)(H,14,15)/t8-/m1/s1. The van der Waals surface area contributed by atoms with Crippen molar-refractivity contribution in [1.82, 2.24) is 10.6 Å². The number of carboxylic acids is 1. The molecule has 1 heterocycles. The predicted molar refractivity (Wildman–Crippen MR) is 61.7 cm³/mol. The van der Waals surface area contributed by atoms with Crippen LogP contribution >= 0.6 is 0 Å². The quantitative estimate of drug-likeness (QED) is 0.612. The van der Waals surface area contributed by atoms with Crippen molar-refractivity contribution in [2.45, 2.75) is 25.8 Å². The smallest absolute Gasteiger partial charge is 0.325 e. The molecule has 0 spiro atoms. The minimum absolute atomic E-state index is 0.226. The van der Waals surface area contributed by atoms with Gasteiger partial charge in [0.05, 0.1) is 12.0 Å². The summed E-state index contributed by atoms with van der Waals surface area (Å²) in [7, 11) is 1.55. The van der Waals surface area contributed by atoms with Gasteiger partial charge in [0.25, 0.3) is 0 Å². The molecular weight excluding hydrogens is 224 g/mol. The van der Waals surface area contributed by atoms with Crippen molar-refractivity contribution in [2.75, 3.05) is 26.8 Å². The lowest BCUT2D eigenvalue weighted by atomic mass is 9.78. The number of ether oxygens (including phenoxy) is 1. The van der Waals surface area contributed by atoms with Gasteiger partial charge in [-0.3, -0.25) is 9.59 Å². The fourth-order valence-corrected chi connectivity index (χ4v) is 2.03. The van der Waals surface area contributed by atoms with E-state index in [4.69, 9.17) is 9.84 Å². The van der Waals surface area contributed by atoms with Gasteiger partial charge in [0.15, 0.2) is 0 Å². The van der Waals surface area contributed by atoms with Crippen molar-refractivity contribution in [2.24, 2.45) is 5.41 Å². The molecule has 1 atom stereocenters. The number of rotatable bonds is 5. The van der Waals surface area contributed by atoms with E-state index < -0.39 is 17.4 Å². The fourth-order valence-electron chi connectivity index (χ4n) is 2.03. The van der Waals surface area contributed by atoms with Crippen LogP contribution in [0.4, 0.5) is 0 Å². The Morgan fingerprint density at radius 2 is 2.06 bits per heavy atom. The molecule has 1 aliphatic rings. The highest BCUT2D eigenvalue weighted by Crippen LogP contribution is 2.29. The Morgan fingerprint density at radius 3 is 2.53 bits per heavy atom. The lowest BCUT2D eigenvalue weighted by Gasteiger charge is -2.36. The first-order valence-electron chi connectivity index (χ1n) is 5.75. The first-order valence-corrected chi connectivity index (χ1v) is 5.75. The summed E-state index contributed by atoms with van der Waals surface area (Å²) >= 11 is 0. The predicted octanol–water partition coefficient (Wildman–Crippen LogP) is -0.408. The van der Waals surface area contributed by atoms with Gasteiger partial charge in [-0.1, -0.05) is 0 Å². The van der Waals surface area contributed by atoms with E-state index in [9.17, 15) is 9.59 Å². The summed E-state index contributed by atoms with van der Waals surface area (Å²) in [6.45, 7) is 3.28. The number of nitrogens with one attached hydrogen (secondary N) is 2. The zero-order valence-corrected chi connectivity index (χ0v) is 10.3. The van der Waals surface area contributed by atoms with Gasteiger partial charge in [0, 0.05) is 7.11 Å². The van der Waals surface area contributed by atoms with E-state index in [1.54, 1.807) is 7.11 Å². The molecule has 1 amide bonds. The molecular formula is C11H20N2O4. The lowest BCUT2D eigenvalue weighted by Crippen LogP contribution is -2.53. The molecule has 1 rings (SSSR count). The maximum Gasteiger partial charge on any atom is 0.325 e. The number of methoxy groups -OCH3 is 1. The van der Waals surface area contributed by atoms with E-state index in [0.29, 0.717) is 19.4 Å². The minimum atomic E-state index is -1.03. The average Bonchev–Trinajstić information content (AvgIpc) is 2.30. The highest BCUT2D eigenvalue weighted by molar-refractivity contribution is 5.87. The number of aliphatic carboxylic acids is 1. The first kappa shape index (κ1) is 13.9. The molecule has 6 heteroatoms. The van der Waals surface area contributed by atoms with Gasteiger partial charge < -0.3 is 20.5 Å². The molecule has 0 saturated carbocycles. The van der Waals surface area contributed by atoms with Crippen LogP contribution in [0, 0.1) is 5.41 Å². The maximum atomic E-state index is 12.1. The molecule has 0 aliphatic carbocycles. The topological polar surface area (TPSA) is 87.7 Å². The summed E-state index contributed by atoms with van der Waals surface area (Å²) < 4.78 is 5.11. The molecule has 0 unspecified atom stereocenters. The summed E-state index contributed by atoms with van der Waals surface area (Å²) in [5, 5.41) is 14.5. The molecule has 1 fully saturated rings. The summed E-state index contributed by atoms with van der Waals surface area (Å²) in [5.41, 5.74) is -0.594. The van der Waals surface area contributed by atoms with E-state index in [1.807, 2.05) is 0 Å². The first-order chi connectivity index (χ1) is 8.02. The van der Waals surface area contributed by atoms with Crippen LogP contribution in [0.25, 0.3) is 0 Å².